The lowest BCUT2D eigenvalue weighted by molar-refractivity contribution is 0.590. The molecule has 0 fully saturated rings. The van der Waals surface area contributed by atoms with Crippen molar-refractivity contribution in [1.29, 1.82) is 5.26 Å². The second-order valence-electron chi connectivity index (χ2n) is 36.4. The number of hydrogen-bond donors (Lipinski definition) is 0. The van der Waals surface area contributed by atoms with Gasteiger partial charge in [-0.15, -0.1) is 15.0 Å². The smallest absolute Gasteiger partial charge is 0.307 e. The molecule has 0 bridgehead atoms. The van der Waals surface area contributed by atoms with E-state index < -0.39 is 0 Å². The standard InChI is InChI=1S/C58H56N6.C48H36N6/c1-55(2,3)37-19-27-47-43(31-37)44-32-38(56(4,5)6)20-28-48(44)63(47)41-23-15-35(16-24-41)51-52(62-54(60-14)53(59-13)61-51)36-17-25-42(26-18-36)64-49-29-21-39(57(7,8)9)33-45(49)46-34-40(58(10,11)12)22-30-50(46)64;1-47(2)35-14-6-10-18-40(35)53(41-19-11-7-15-36(41)47)33-26-22-31(23-27-33)44-45(52-46(50-5)39(30-49)51-44)32-24-28-34(29-25-32)54-42-20-12-8-16-37(42)48(3,4)38-17-9-13-21-43(38)54/h15-34H,1-12H3;6-29H,1-4H3. The minimum atomic E-state index is -0.153. The van der Waals surface area contributed by atoms with Gasteiger partial charge in [0, 0.05) is 77.4 Å². The van der Waals surface area contributed by atoms with E-state index in [-0.39, 0.29) is 55.6 Å². The Labute approximate surface area is 692 Å². The van der Waals surface area contributed by atoms with Crippen LogP contribution in [0.25, 0.3) is 115 Å². The van der Waals surface area contributed by atoms with Crippen LogP contribution in [-0.2, 0) is 32.5 Å². The monoisotopic (exact) mass is 1530 g/mol. The molecule has 12 aromatic carbocycles. The Bertz CT molecular complexity index is 6270. The number of benzene rings is 12. The fourth-order valence-corrected chi connectivity index (χ4v) is 17.4. The van der Waals surface area contributed by atoms with Crippen molar-refractivity contribution in [1.82, 2.24) is 29.1 Å². The molecule has 0 unspecified atom stereocenters. The van der Waals surface area contributed by atoms with Gasteiger partial charge in [-0.2, -0.15) is 5.26 Å². The Balaban J connectivity index is 0.000000171. The molecule has 0 aliphatic carbocycles. The van der Waals surface area contributed by atoms with Gasteiger partial charge in [-0.3, -0.25) is 0 Å². The number of nitriles is 1. The topological polar surface area (TPSA) is 105 Å². The number of hydrogen-bond acceptors (Lipinski definition) is 7. The van der Waals surface area contributed by atoms with Gasteiger partial charge in [-0.05, 0) is 224 Å². The average Bonchev–Trinajstić information content (AvgIpc) is 1.37. The fraction of sp³-hybridized carbons (Fsp3) is 0.208. The maximum atomic E-state index is 9.99. The van der Waals surface area contributed by atoms with Gasteiger partial charge in [-0.1, -0.05) is 240 Å². The van der Waals surface area contributed by atoms with Gasteiger partial charge in [0.2, 0.25) is 11.4 Å². The Kier molecular flexibility index (Phi) is 18.5. The lowest BCUT2D eigenvalue weighted by Crippen LogP contribution is -2.30. The largest absolute Gasteiger partial charge is 0.370 e. The highest BCUT2D eigenvalue weighted by Gasteiger charge is 2.39. The molecular formula is C106H92N12. The van der Waals surface area contributed by atoms with E-state index in [4.69, 9.17) is 39.7 Å². The van der Waals surface area contributed by atoms with Crippen LogP contribution in [0.2, 0.25) is 0 Å². The Morgan fingerprint density at radius 1 is 0.297 bits per heavy atom. The molecule has 576 valence electrons. The molecule has 0 N–H and O–H groups in total. The van der Waals surface area contributed by atoms with E-state index in [1.54, 1.807) is 0 Å². The summed E-state index contributed by atoms with van der Waals surface area (Å²) in [5.74, 6) is -0.0198. The zero-order chi connectivity index (χ0) is 82.9. The summed E-state index contributed by atoms with van der Waals surface area (Å²) in [5, 5.41) is 14.9. The van der Waals surface area contributed by atoms with E-state index >= 15 is 0 Å². The molecule has 16 aromatic rings. The van der Waals surface area contributed by atoms with Crippen molar-refractivity contribution in [3.63, 3.8) is 0 Å². The second-order valence-corrected chi connectivity index (χ2v) is 36.4. The summed E-state index contributed by atoms with van der Waals surface area (Å²) in [6.07, 6.45) is 0. The average molecular weight is 1530 g/mol. The first kappa shape index (κ1) is 76.6. The molecule has 0 radical (unpaired) electrons. The Morgan fingerprint density at radius 3 is 0.780 bits per heavy atom. The highest BCUT2D eigenvalue weighted by Crippen LogP contribution is 2.55. The molecule has 0 saturated heterocycles. The Hall–Kier alpha value is -14.0. The SMILES string of the molecule is [C-]#[N+]c1nc(-c2ccc(-n3c4ccc(C(C)(C)C)cc4c4cc(C(C)(C)C)ccc43)cc2)c(-c2ccc(-n3c4ccc(C(C)(C)C)cc4c4cc(C(C)(C)C)ccc43)cc2)nc1[N+]#[C-].[C-]#[N+]c1nc(-c2ccc(N3c4ccccc4C(C)(C)c4ccccc43)cc2)c(-c2ccc(N3c4ccccc4C(C)(C)c4ccccc43)cc2)nc1C#N. The number of aromatic nitrogens is 6. The third kappa shape index (κ3) is 13.1. The van der Waals surface area contributed by atoms with Gasteiger partial charge < -0.3 is 33.5 Å². The van der Waals surface area contributed by atoms with Gasteiger partial charge >= 0.3 is 5.82 Å². The van der Waals surface area contributed by atoms with Crippen molar-refractivity contribution >= 4 is 95.2 Å². The van der Waals surface area contributed by atoms with Gasteiger partial charge in [0.25, 0.3) is 11.6 Å². The molecule has 12 heteroatoms. The van der Waals surface area contributed by atoms with E-state index in [1.807, 2.05) is 24.3 Å². The zero-order valence-electron chi connectivity index (χ0n) is 69.8. The number of para-hydroxylation sites is 4. The van der Waals surface area contributed by atoms with E-state index in [1.165, 1.54) is 66.1 Å². The first-order valence-corrected chi connectivity index (χ1v) is 40.3. The number of nitrogens with zero attached hydrogens (tertiary/aromatic N) is 12. The molecule has 0 saturated carbocycles. The summed E-state index contributed by atoms with van der Waals surface area (Å²) in [7, 11) is 0. The van der Waals surface area contributed by atoms with Crippen LogP contribution in [-0.4, -0.2) is 29.1 Å². The van der Waals surface area contributed by atoms with Gasteiger partial charge in [0.05, 0.1) is 44.8 Å². The van der Waals surface area contributed by atoms with Crippen LogP contribution in [0.3, 0.4) is 0 Å². The molecule has 4 aromatic heterocycles. The summed E-state index contributed by atoms with van der Waals surface area (Å²) in [6.45, 7) is 59.9. The highest BCUT2D eigenvalue weighted by molar-refractivity contribution is 6.11. The molecule has 118 heavy (non-hydrogen) atoms. The predicted octanol–water partition coefficient (Wildman–Crippen LogP) is 28.7. The van der Waals surface area contributed by atoms with Crippen molar-refractivity contribution in [3.8, 4) is 62.5 Å². The minimum Gasteiger partial charge on any atom is -0.370 e. The molecular weight excluding hydrogens is 1440 g/mol. The maximum absolute atomic E-state index is 9.99. The van der Waals surface area contributed by atoms with Crippen molar-refractivity contribution in [2.24, 2.45) is 0 Å². The van der Waals surface area contributed by atoms with Crippen LogP contribution in [0.15, 0.2) is 267 Å². The summed E-state index contributed by atoms with van der Waals surface area (Å²) < 4.78 is 4.68. The first-order chi connectivity index (χ1) is 56.4. The molecule has 0 atom stereocenters. The zero-order valence-corrected chi connectivity index (χ0v) is 69.8. The third-order valence-corrected chi connectivity index (χ3v) is 24.0. The number of anilines is 6. The molecule has 6 heterocycles. The van der Waals surface area contributed by atoms with Gasteiger partial charge in [-0.25, -0.2) is 4.98 Å². The van der Waals surface area contributed by atoms with Crippen molar-refractivity contribution < 1.29 is 0 Å². The minimum absolute atomic E-state index is 0.00400. The maximum Gasteiger partial charge on any atom is 0.307 e. The summed E-state index contributed by atoms with van der Waals surface area (Å²) >= 11 is 0. The Morgan fingerprint density at radius 2 is 0.534 bits per heavy atom. The molecule has 2 aliphatic heterocycles. The molecule has 12 nitrogen and oxygen atoms in total. The van der Waals surface area contributed by atoms with E-state index in [9.17, 15) is 5.26 Å². The van der Waals surface area contributed by atoms with Crippen molar-refractivity contribution in [2.75, 3.05) is 9.80 Å². The van der Waals surface area contributed by atoms with Gasteiger partial charge in [0.1, 0.15) is 11.8 Å². The summed E-state index contributed by atoms with van der Waals surface area (Å²) in [6, 6.07) is 97.1. The van der Waals surface area contributed by atoms with Crippen molar-refractivity contribution in [2.45, 2.75) is 143 Å². The molecule has 18 rings (SSSR count). The number of fused-ring (bicyclic) bond motifs is 10. The van der Waals surface area contributed by atoms with E-state index in [2.05, 4.69) is 393 Å². The lowest BCUT2D eigenvalue weighted by Gasteiger charge is -2.42. The van der Waals surface area contributed by atoms with Crippen LogP contribution in [0, 0.1) is 31.0 Å². The quantitative estimate of drug-likeness (QED) is 0.140. The molecule has 0 amide bonds. The van der Waals surface area contributed by atoms with E-state index in [0.717, 1.165) is 89.8 Å². The lowest BCUT2D eigenvalue weighted by atomic mass is 9.73. The summed E-state index contributed by atoms with van der Waals surface area (Å²) in [4.78, 5) is 34.7. The van der Waals surface area contributed by atoms with Crippen LogP contribution in [0.5, 0.6) is 0 Å². The van der Waals surface area contributed by atoms with Gasteiger partial charge in [0.15, 0.2) is 11.4 Å². The predicted molar refractivity (Wildman–Crippen MR) is 486 cm³/mol. The van der Waals surface area contributed by atoms with E-state index in [0.29, 0.717) is 22.8 Å². The van der Waals surface area contributed by atoms with Crippen LogP contribution < -0.4 is 9.80 Å². The third-order valence-electron chi connectivity index (χ3n) is 24.0. The molecule has 0 spiro atoms. The normalized spacial score (nSPS) is 13.5. The van der Waals surface area contributed by atoms with Crippen LogP contribution in [0.4, 0.5) is 51.6 Å². The highest BCUT2D eigenvalue weighted by atomic mass is 15.2. The van der Waals surface area contributed by atoms with Crippen molar-refractivity contribution in [3.05, 3.63) is 351 Å². The first-order valence-electron chi connectivity index (χ1n) is 40.3. The van der Waals surface area contributed by atoms with Crippen LogP contribution >= 0.6 is 0 Å². The fourth-order valence-electron chi connectivity index (χ4n) is 17.4. The second kappa shape index (κ2) is 28.5. The number of rotatable bonds is 8. The van der Waals surface area contributed by atoms with Crippen LogP contribution in [0.1, 0.15) is 161 Å². The summed E-state index contributed by atoms with van der Waals surface area (Å²) in [5.41, 5.74) is 28.7. The molecule has 2 aliphatic rings.